The van der Waals surface area contributed by atoms with Crippen LogP contribution in [-0.4, -0.2) is 9.97 Å². The number of ether oxygens (including phenoxy) is 1. The lowest BCUT2D eigenvalue weighted by molar-refractivity contribution is 0.297. The van der Waals surface area contributed by atoms with Crippen molar-refractivity contribution in [2.24, 2.45) is 0 Å². The van der Waals surface area contributed by atoms with Gasteiger partial charge in [-0.1, -0.05) is 54.6 Å². The zero-order valence-corrected chi connectivity index (χ0v) is 14.1. The van der Waals surface area contributed by atoms with E-state index in [9.17, 15) is 0 Å². The van der Waals surface area contributed by atoms with Gasteiger partial charge in [-0.2, -0.15) is 0 Å². The maximum Gasteiger partial charge on any atom is 0.226 e. The first-order valence-corrected chi connectivity index (χ1v) is 8.66. The Bertz CT molecular complexity index is 979. The van der Waals surface area contributed by atoms with Crippen LogP contribution < -0.4 is 4.74 Å². The Morgan fingerprint density at radius 3 is 2.58 bits per heavy atom. The standard InChI is InChI=1S/C20H16N2OS/c1-14-7-5-6-10-16(14)11-23-19-18-17(15-8-3-2-4-9-15)12-24-20(18)22-13-21-19/h2-10,12-13H,11H2,1H3. The minimum absolute atomic E-state index is 0.503. The van der Waals surface area contributed by atoms with Crippen molar-refractivity contribution in [3.63, 3.8) is 0 Å². The molecule has 3 nitrogen and oxygen atoms in total. The fourth-order valence-corrected chi connectivity index (χ4v) is 3.61. The first-order valence-electron chi connectivity index (χ1n) is 7.78. The molecule has 0 unspecified atom stereocenters. The van der Waals surface area contributed by atoms with E-state index in [2.05, 4.69) is 46.5 Å². The van der Waals surface area contributed by atoms with Crippen molar-refractivity contribution in [3.05, 3.63) is 77.4 Å². The van der Waals surface area contributed by atoms with Gasteiger partial charge < -0.3 is 4.74 Å². The van der Waals surface area contributed by atoms with Crippen molar-refractivity contribution in [2.45, 2.75) is 13.5 Å². The highest BCUT2D eigenvalue weighted by Gasteiger charge is 2.14. The van der Waals surface area contributed by atoms with E-state index in [4.69, 9.17) is 4.74 Å². The van der Waals surface area contributed by atoms with Gasteiger partial charge in [-0.25, -0.2) is 9.97 Å². The van der Waals surface area contributed by atoms with Gasteiger partial charge in [-0.05, 0) is 23.6 Å². The number of hydrogen-bond acceptors (Lipinski definition) is 4. The molecule has 24 heavy (non-hydrogen) atoms. The third-order valence-corrected chi connectivity index (χ3v) is 4.93. The number of rotatable bonds is 4. The van der Waals surface area contributed by atoms with Crippen molar-refractivity contribution >= 4 is 21.6 Å². The molecule has 0 aliphatic carbocycles. The highest BCUT2D eigenvalue weighted by atomic mass is 32.1. The van der Waals surface area contributed by atoms with Crippen molar-refractivity contribution in [1.29, 1.82) is 0 Å². The van der Waals surface area contributed by atoms with Crippen LogP contribution in [0.25, 0.3) is 21.3 Å². The molecule has 0 bridgehead atoms. The Kier molecular flexibility index (Phi) is 3.97. The highest BCUT2D eigenvalue weighted by molar-refractivity contribution is 7.17. The van der Waals surface area contributed by atoms with Crippen LogP contribution in [0, 0.1) is 6.92 Å². The van der Waals surface area contributed by atoms with E-state index in [0.29, 0.717) is 12.5 Å². The molecule has 0 aliphatic rings. The summed E-state index contributed by atoms with van der Waals surface area (Å²) in [7, 11) is 0. The van der Waals surface area contributed by atoms with E-state index in [1.54, 1.807) is 17.7 Å². The maximum absolute atomic E-state index is 6.06. The molecule has 4 heteroatoms. The smallest absolute Gasteiger partial charge is 0.226 e. The molecular formula is C20H16N2OS. The average Bonchev–Trinajstić information content (AvgIpc) is 3.06. The van der Waals surface area contributed by atoms with Crippen LogP contribution in [0.1, 0.15) is 11.1 Å². The first kappa shape index (κ1) is 14.8. The Morgan fingerprint density at radius 1 is 0.958 bits per heavy atom. The normalized spacial score (nSPS) is 10.9. The van der Waals surface area contributed by atoms with Crippen LogP contribution in [0.15, 0.2) is 66.3 Å². The van der Waals surface area contributed by atoms with E-state index in [1.165, 1.54) is 11.1 Å². The second kappa shape index (κ2) is 6.42. The summed E-state index contributed by atoms with van der Waals surface area (Å²) in [5, 5.41) is 3.11. The molecule has 2 aromatic carbocycles. The second-order valence-corrected chi connectivity index (χ2v) is 6.45. The van der Waals surface area contributed by atoms with Crippen molar-refractivity contribution < 1.29 is 4.74 Å². The Labute approximate surface area is 144 Å². The van der Waals surface area contributed by atoms with Gasteiger partial charge in [0.1, 0.15) is 17.8 Å². The van der Waals surface area contributed by atoms with Crippen LogP contribution in [0.4, 0.5) is 0 Å². The molecule has 0 saturated carbocycles. The number of fused-ring (bicyclic) bond motifs is 1. The lowest BCUT2D eigenvalue weighted by Gasteiger charge is -2.09. The SMILES string of the molecule is Cc1ccccc1COc1ncnc2scc(-c3ccccc3)c12. The van der Waals surface area contributed by atoms with Crippen LogP contribution in [0.2, 0.25) is 0 Å². The molecule has 2 aromatic heterocycles. The molecule has 0 amide bonds. The van der Waals surface area contributed by atoms with E-state index >= 15 is 0 Å². The molecule has 0 spiro atoms. The lowest BCUT2D eigenvalue weighted by Crippen LogP contribution is -2.00. The summed E-state index contributed by atoms with van der Waals surface area (Å²) >= 11 is 1.62. The van der Waals surface area contributed by atoms with Crippen molar-refractivity contribution in [2.75, 3.05) is 0 Å². The summed E-state index contributed by atoms with van der Waals surface area (Å²) in [4.78, 5) is 9.72. The lowest BCUT2D eigenvalue weighted by atomic mass is 10.1. The number of benzene rings is 2. The zero-order valence-electron chi connectivity index (χ0n) is 13.3. The maximum atomic E-state index is 6.06. The predicted octanol–water partition coefficient (Wildman–Crippen LogP) is 5.25. The fraction of sp³-hybridized carbons (Fsp3) is 0.100. The van der Waals surface area contributed by atoms with Crippen LogP contribution >= 0.6 is 11.3 Å². The molecule has 2 heterocycles. The summed E-state index contributed by atoms with van der Waals surface area (Å²) in [5.74, 6) is 0.642. The Hall–Kier alpha value is -2.72. The van der Waals surface area contributed by atoms with Crippen LogP contribution in [-0.2, 0) is 6.61 Å². The quantitative estimate of drug-likeness (QED) is 0.512. The van der Waals surface area contributed by atoms with Crippen molar-refractivity contribution in [1.82, 2.24) is 9.97 Å². The Balaban J connectivity index is 1.73. The summed E-state index contributed by atoms with van der Waals surface area (Å²) in [6, 6.07) is 18.5. The van der Waals surface area contributed by atoms with Gasteiger partial charge in [0.2, 0.25) is 5.88 Å². The summed E-state index contributed by atoms with van der Waals surface area (Å²) in [5.41, 5.74) is 4.66. The van der Waals surface area contributed by atoms with Gasteiger partial charge in [0, 0.05) is 10.9 Å². The summed E-state index contributed by atoms with van der Waals surface area (Å²) in [6.45, 7) is 2.59. The van der Waals surface area contributed by atoms with Crippen LogP contribution in [0.5, 0.6) is 5.88 Å². The molecule has 0 atom stereocenters. The largest absolute Gasteiger partial charge is 0.472 e. The van der Waals surface area contributed by atoms with E-state index in [0.717, 1.165) is 21.3 Å². The predicted molar refractivity (Wildman–Crippen MR) is 98.4 cm³/mol. The molecular weight excluding hydrogens is 316 g/mol. The summed E-state index contributed by atoms with van der Waals surface area (Å²) < 4.78 is 6.06. The molecule has 0 saturated heterocycles. The molecule has 0 fully saturated rings. The molecule has 4 rings (SSSR count). The van der Waals surface area contributed by atoms with E-state index in [1.807, 2.05) is 30.3 Å². The highest BCUT2D eigenvalue weighted by Crippen LogP contribution is 2.37. The minimum Gasteiger partial charge on any atom is -0.472 e. The van der Waals surface area contributed by atoms with Gasteiger partial charge >= 0.3 is 0 Å². The van der Waals surface area contributed by atoms with Gasteiger partial charge in [0.15, 0.2) is 0 Å². The number of aromatic nitrogens is 2. The monoisotopic (exact) mass is 332 g/mol. The fourth-order valence-electron chi connectivity index (χ4n) is 2.71. The first-order chi connectivity index (χ1) is 11.8. The third-order valence-electron chi connectivity index (χ3n) is 4.05. The molecule has 4 aromatic rings. The molecule has 0 aliphatic heterocycles. The Morgan fingerprint density at radius 2 is 1.75 bits per heavy atom. The van der Waals surface area contributed by atoms with Gasteiger partial charge in [-0.15, -0.1) is 11.3 Å². The van der Waals surface area contributed by atoms with Gasteiger partial charge in [0.25, 0.3) is 0 Å². The van der Waals surface area contributed by atoms with E-state index < -0.39 is 0 Å². The van der Waals surface area contributed by atoms with Crippen LogP contribution in [0.3, 0.4) is 0 Å². The molecule has 0 radical (unpaired) electrons. The van der Waals surface area contributed by atoms with Gasteiger partial charge in [0.05, 0.1) is 5.39 Å². The average molecular weight is 332 g/mol. The number of thiophene rings is 1. The molecule has 118 valence electrons. The van der Waals surface area contributed by atoms with Crippen molar-refractivity contribution in [3.8, 4) is 17.0 Å². The topological polar surface area (TPSA) is 35.0 Å². The second-order valence-electron chi connectivity index (χ2n) is 5.59. The number of aryl methyl sites for hydroxylation is 1. The van der Waals surface area contributed by atoms with E-state index in [-0.39, 0.29) is 0 Å². The molecule has 0 N–H and O–H groups in total. The number of nitrogens with zero attached hydrogens (tertiary/aromatic N) is 2. The zero-order chi connectivity index (χ0) is 16.4. The third kappa shape index (κ3) is 2.76. The van der Waals surface area contributed by atoms with Gasteiger partial charge in [-0.3, -0.25) is 0 Å². The number of hydrogen-bond donors (Lipinski definition) is 0. The minimum atomic E-state index is 0.503. The summed E-state index contributed by atoms with van der Waals surface area (Å²) in [6.07, 6.45) is 1.57.